The van der Waals surface area contributed by atoms with Crippen molar-refractivity contribution in [1.82, 2.24) is 9.88 Å². The van der Waals surface area contributed by atoms with Gasteiger partial charge in [0.1, 0.15) is 5.60 Å². The van der Waals surface area contributed by atoms with Gasteiger partial charge in [0.05, 0.1) is 12.1 Å². The van der Waals surface area contributed by atoms with Crippen LogP contribution in [-0.2, 0) is 4.74 Å². The van der Waals surface area contributed by atoms with E-state index in [1.807, 2.05) is 25.4 Å². The van der Waals surface area contributed by atoms with E-state index in [1.165, 1.54) is 18.4 Å². The van der Waals surface area contributed by atoms with Crippen LogP contribution in [0.2, 0.25) is 0 Å². The Morgan fingerprint density at radius 2 is 2.12 bits per heavy atom. The summed E-state index contributed by atoms with van der Waals surface area (Å²) in [5.74, 6) is 6.32. The number of nitrogens with zero attached hydrogens (tertiary/aromatic N) is 2. The summed E-state index contributed by atoms with van der Waals surface area (Å²) in [5, 5.41) is 10.6. The van der Waals surface area contributed by atoms with Crippen molar-refractivity contribution in [2.75, 3.05) is 20.2 Å². The van der Waals surface area contributed by atoms with E-state index < -0.39 is 5.60 Å². The molecule has 1 aromatic rings. The van der Waals surface area contributed by atoms with Gasteiger partial charge in [0, 0.05) is 25.5 Å². The van der Waals surface area contributed by atoms with Crippen molar-refractivity contribution in [2.45, 2.75) is 76.5 Å². The van der Waals surface area contributed by atoms with Crippen LogP contribution in [0.4, 0.5) is 0 Å². The Bertz CT molecular complexity index is 602. The third-order valence-corrected chi connectivity index (χ3v) is 5.32. The molecule has 1 aliphatic rings. The normalized spacial score (nSPS) is 20.9. The third kappa shape index (κ3) is 6.72. The van der Waals surface area contributed by atoms with Crippen molar-refractivity contribution in [2.24, 2.45) is 0 Å². The Balaban J connectivity index is 1.89. The van der Waals surface area contributed by atoms with Crippen molar-refractivity contribution < 1.29 is 9.84 Å². The maximum Gasteiger partial charge on any atom is 0.122 e. The number of aromatic nitrogens is 1. The summed E-state index contributed by atoms with van der Waals surface area (Å²) in [4.78, 5) is 6.68. The number of ether oxygens (including phenoxy) is 1. The Labute approximate surface area is 159 Å². The topological polar surface area (TPSA) is 45.6 Å². The van der Waals surface area contributed by atoms with Crippen LogP contribution < -0.4 is 0 Å². The summed E-state index contributed by atoms with van der Waals surface area (Å²) in [7, 11) is 1.73. The smallest absolute Gasteiger partial charge is 0.122 e. The predicted molar refractivity (Wildman–Crippen MR) is 106 cm³/mol. The van der Waals surface area contributed by atoms with Crippen LogP contribution >= 0.6 is 0 Å². The van der Waals surface area contributed by atoms with Crippen LogP contribution in [0.25, 0.3) is 0 Å². The van der Waals surface area contributed by atoms with Gasteiger partial charge in [-0.1, -0.05) is 24.3 Å². The van der Waals surface area contributed by atoms with Crippen LogP contribution in [0.1, 0.15) is 70.9 Å². The van der Waals surface area contributed by atoms with Gasteiger partial charge >= 0.3 is 0 Å². The average molecular weight is 359 g/mol. The molecular weight excluding hydrogens is 324 g/mol. The average Bonchev–Trinajstić information content (AvgIpc) is 2.62. The van der Waals surface area contributed by atoms with Crippen LogP contribution in [0.3, 0.4) is 0 Å². The van der Waals surface area contributed by atoms with Crippen molar-refractivity contribution in [3.63, 3.8) is 0 Å². The Morgan fingerprint density at radius 3 is 2.81 bits per heavy atom. The number of aliphatic hydroxyl groups is 1. The van der Waals surface area contributed by atoms with Crippen molar-refractivity contribution in [3.8, 4) is 11.8 Å². The van der Waals surface area contributed by atoms with Gasteiger partial charge in [-0.3, -0.25) is 9.88 Å². The van der Waals surface area contributed by atoms with Crippen molar-refractivity contribution >= 4 is 0 Å². The van der Waals surface area contributed by atoms with Gasteiger partial charge in [0.2, 0.25) is 0 Å². The number of piperidine rings is 1. The van der Waals surface area contributed by atoms with E-state index in [1.54, 1.807) is 7.11 Å². The highest BCUT2D eigenvalue weighted by molar-refractivity contribution is 5.17. The molecule has 1 fully saturated rings. The fraction of sp³-hybridized carbons (Fsp3) is 0.682. The molecule has 1 aliphatic heterocycles. The fourth-order valence-corrected chi connectivity index (χ4v) is 3.49. The number of pyridine rings is 1. The number of methoxy groups -OCH3 is 1. The molecule has 2 rings (SSSR count). The fourth-order valence-electron chi connectivity index (χ4n) is 3.49. The highest BCUT2D eigenvalue weighted by Gasteiger charge is 2.24. The molecule has 2 heterocycles. The highest BCUT2D eigenvalue weighted by atomic mass is 16.5. The third-order valence-electron chi connectivity index (χ3n) is 5.32. The summed E-state index contributed by atoms with van der Waals surface area (Å²) >= 11 is 0. The number of likely N-dealkylation sites (tertiary alicyclic amines) is 1. The SMILES string of the molecule is COC(C)(C)CCCC(C)(O)C#CCN1CCCCC1c1cccnc1. The lowest BCUT2D eigenvalue weighted by molar-refractivity contribution is 0.00832. The van der Waals surface area contributed by atoms with Crippen molar-refractivity contribution in [1.29, 1.82) is 0 Å². The van der Waals surface area contributed by atoms with Gasteiger partial charge in [0.25, 0.3) is 0 Å². The Kier molecular flexibility index (Phi) is 7.64. The molecule has 2 atom stereocenters. The summed E-state index contributed by atoms with van der Waals surface area (Å²) in [6.07, 6.45) is 9.86. The van der Waals surface area contributed by atoms with Gasteiger partial charge < -0.3 is 9.84 Å². The van der Waals surface area contributed by atoms with Crippen LogP contribution in [-0.4, -0.2) is 46.4 Å². The predicted octanol–water partition coefficient (Wildman–Crippen LogP) is 3.96. The van der Waals surface area contributed by atoms with E-state index in [9.17, 15) is 5.11 Å². The molecule has 4 heteroatoms. The summed E-state index contributed by atoms with van der Waals surface area (Å²) < 4.78 is 5.44. The second-order valence-electron chi connectivity index (χ2n) is 8.16. The molecule has 0 radical (unpaired) electrons. The lowest BCUT2D eigenvalue weighted by atomic mass is 9.94. The minimum Gasteiger partial charge on any atom is -0.379 e. The van der Waals surface area contributed by atoms with Crippen molar-refractivity contribution in [3.05, 3.63) is 30.1 Å². The molecule has 2 unspecified atom stereocenters. The van der Waals surface area contributed by atoms with E-state index in [0.717, 1.165) is 25.8 Å². The van der Waals surface area contributed by atoms with E-state index in [4.69, 9.17) is 4.74 Å². The molecule has 26 heavy (non-hydrogen) atoms. The lowest BCUT2D eigenvalue weighted by Gasteiger charge is -2.34. The molecular formula is C22H34N2O2. The minimum atomic E-state index is -0.941. The summed E-state index contributed by atoms with van der Waals surface area (Å²) in [6.45, 7) is 7.71. The van der Waals surface area contributed by atoms with Gasteiger partial charge in [0.15, 0.2) is 0 Å². The minimum absolute atomic E-state index is 0.145. The first-order valence-electron chi connectivity index (χ1n) is 9.74. The van der Waals surface area contributed by atoms with Gasteiger partial charge in [-0.05, 0) is 71.0 Å². The molecule has 4 nitrogen and oxygen atoms in total. The quantitative estimate of drug-likeness (QED) is 0.750. The number of rotatable bonds is 7. The summed E-state index contributed by atoms with van der Waals surface area (Å²) in [5.41, 5.74) is 0.181. The first-order valence-corrected chi connectivity index (χ1v) is 9.74. The van der Waals surface area contributed by atoms with E-state index in [0.29, 0.717) is 19.0 Å². The molecule has 0 spiro atoms. The van der Waals surface area contributed by atoms with E-state index >= 15 is 0 Å². The second kappa shape index (κ2) is 9.50. The van der Waals surface area contributed by atoms with E-state index in [-0.39, 0.29) is 5.60 Å². The number of hydrogen-bond donors (Lipinski definition) is 1. The molecule has 1 aromatic heterocycles. The molecule has 0 saturated carbocycles. The standard InChI is InChI=1S/C22H34N2O2/c1-21(2,26-4)12-8-13-22(3,25)14-9-17-24-16-6-5-11-20(24)19-10-7-15-23-18-19/h7,10,15,18,20,25H,5-6,8,11-13,16-17H2,1-4H3. The molecule has 0 bridgehead atoms. The van der Waals surface area contributed by atoms with Crippen LogP contribution in [0.5, 0.6) is 0 Å². The zero-order valence-electron chi connectivity index (χ0n) is 16.8. The maximum absolute atomic E-state index is 10.6. The monoisotopic (exact) mass is 358 g/mol. The molecule has 0 aliphatic carbocycles. The molecule has 144 valence electrons. The van der Waals surface area contributed by atoms with Crippen LogP contribution in [0, 0.1) is 11.8 Å². The molecule has 1 saturated heterocycles. The van der Waals surface area contributed by atoms with Gasteiger partial charge in [-0.25, -0.2) is 0 Å². The number of hydrogen-bond acceptors (Lipinski definition) is 4. The maximum atomic E-state index is 10.6. The first-order chi connectivity index (χ1) is 12.3. The lowest BCUT2D eigenvalue weighted by Crippen LogP contribution is -2.34. The Morgan fingerprint density at radius 1 is 1.31 bits per heavy atom. The largest absolute Gasteiger partial charge is 0.379 e. The Hall–Kier alpha value is -1.41. The summed E-state index contributed by atoms with van der Waals surface area (Å²) in [6, 6.07) is 4.54. The van der Waals surface area contributed by atoms with Gasteiger partial charge in [-0.2, -0.15) is 0 Å². The molecule has 0 amide bonds. The first kappa shape index (κ1) is 20.9. The zero-order valence-corrected chi connectivity index (χ0v) is 16.8. The van der Waals surface area contributed by atoms with Gasteiger partial charge in [-0.15, -0.1) is 0 Å². The zero-order chi connectivity index (χ0) is 19.0. The highest BCUT2D eigenvalue weighted by Crippen LogP contribution is 2.29. The molecule has 0 aromatic carbocycles. The van der Waals surface area contributed by atoms with E-state index in [2.05, 4.69) is 41.6 Å². The second-order valence-corrected chi connectivity index (χ2v) is 8.16. The van der Waals surface area contributed by atoms with Crippen LogP contribution in [0.15, 0.2) is 24.5 Å². The molecule has 1 N–H and O–H groups in total.